The van der Waals surface area contributed by atoms with Crippen molar-refractivity contribution in [3.05, 3.63) is 82.9 Å². The molecular formula is C24H22N4O2S. The molecular weight excluding hydrogens is 408 g/mol. The summed E-state index contributed by atoms with van der Waals surface area (Å²) in [5.74, 6) is 0.0418. The molecule has 0 aliphatic carbocycles. The molecule has 1 saturated heterocycles. The van der Waals surface area contributed by atoms with E-state index in [-0.39, 0.29) is 11.8 Å². The first kappa shape index (κ1) is 19.5. The number of para-hydroxylation sites is 1. The summed E-state index contributed by atoms with van der Waals surface area (Å²) in [7, 11) is 0. The maximum atomic E-state index is 13.2. The van der Waals surface area contributed by atoms with Crippen molar-refractivity contribution in [2.24, 2.45) is 0 Å². The third-order valence-corrected chi connectivity index (χ3v) is 6.73. The summed E-state index contributed by atoms with van der Waals surface area (Å²) in [6, 6.07) is 21.2. The molecule has 3 heterocycles. The quantitative estimate of drug-likeness (QED) is 0.494. The van der Waals surface area contributed by atoms with E-state index in [0.29, 0.717) is 36.6 Å². The number of hydrogen-bond donors (Lipinski definition) is 0. The largest absolute Gasteiger partial charge is 0.335 e. The average molecular weight is 431 g/mol. The zero-order chi connectivity index (χ0) is 21.4. The van der Waals surface area contributed by atoms with Crippen LogP contribution < -0.4 is 0 Å². The topological polar surface area (TPSA) is 58.4 Å². The van der Waals surface area contributed by atoms with Gasteiger partial charge in [-0.15, -0.1) is 11.3 Å². The Morgan fingerprint density at radius 1 is 0.839 bits per heavy atom. The van der Waals surface area contributed by atoms with Gasteiger partial charge in [0, 0.05) is 37.1 Å². The van der Waals surface area contributed by atoms with Gasteiger partial charge in [0.15, 0.2) is 0 Å². The molecule has 1 aliphatic rings. The van der Waals surface area contributed by atoms with Crippen molar-refractivity contribution in [1.82, 2.24) is 19.6 Å². The lowest BCUT2D eigenvalue weighted by atomic mass is 10.2. The molecule has 156 valence electrons. The summed E-state index contributed by atoms with van der Waals surface area (Å²) in [4.78, 5) is 31.2. The molecule has 2 amide bonds. The van der Waals surface area contributed by atoms with Crippen molar-refractivity contribution < 1.29 is 9.59 Å². The van der Waals surface area contributed by atoms with Gasteiger partial charge < -0.3 is 9.80 Å². The number of benzene rings is 2. The van der Waals surface area contributed by atoms with Gasteiger partial charge in [0.25, 0.3) is 11.8 Å². The number of fused-ring (bicyclic) bond motifs is 1. The molecule has 0 unspecified atom stereocenters. The van der Waals surface area contributed by atoms with Crippen LogP contribution in [0.15, 0.2) is 66.7 Å². The Bertz CT molecular complexity index is 1240. The summed E-state index contributed by atoms with van der Waals surface area (Å²) in [6.07, 6.45) is 0. The van der Waals surface area contributed by atoms with Crippen LogP contribution in [-0.2, 0) is 0 Å². The highest BCUT2D eigenvalue weighted by Gasteiger charge is 2.27. The van der Waals surface area contributed by atoms with E-state index < -0.39 is 0 Å². The first-order chi connectivity index (χ1) is 15.1. The number of aryl methyl sites for hydroxylation is 1. The van der Waals surface area contributed by atoms with E-state index in [1.807, 2.05) is 88.1 Å². The second kappa shape index (κ2) is 8.00. The van der Waals surface area contributed by atoms with E-state index >= 15 is 0 Å². The predicted molar refractivity (Wildman–Crippen MR) is 122 cm³/mol. The van der Waals surface area contributed by atoms with E-state index in [9.17, 15) is 9.59 Å². The summed E-state index contributed by atoms with van der Waals surface area (Å²) in [5, 5.41) is 5.66. The average Bonchev–Trinajstić information content (AvgIpc) is 3.40. The zero-order valence-electron chi connectivity index (χ0n) is 17.2. The van der Waals surface area contributed by atoms with Gasteiger partial charge in [0.1, 0.15) is 4.83 Å². The number of piperazine rings is 1. The number of thiophene rings is 1. The molecule has 1 aliphatic heterocycles. The predicted octanol–water partition coefficient (Wildman–Crippen LogP) is 3.99. The highest BCUT2D eigenvalue weighted by molar-refractivity contribution is 7.20. The van der Waals surface area contributed by atoms with Crippen molar-refractivity contribution in [2.75, 3.05) is 26.2 Å². The maximum Gasteiger partial charge on any atom is 0.264 e. The van der Waals surface area contributed by atoms with E-state index in [0.717, 1.165) is 21.6 Å². The third-order valence-electron chi connectivity index (χ3n) is 5.63. The van der Waals surface area contributed by atoms with Crippen molar-refractivity contribution in [2.45, 2.75) is 6.92 Å². The van der Waals surface area contributed by atoms with Gasteiger partial charge in [-0.25, -0.2) is 4.68 Å². The number of carbonyl (C=O) groups excluding carboxylic acids is 2. The summed E-state index contributed by atoms with van der Waals surface area (Å²) >= 11 is 1.47. The van der Waals surface area contributed by atoms with Crippen LogP contribution in [0.3, 0.4) is 0 Å². The Hall–Kier alpha value is -3.45. The molecule has 0 radical (unpaired) electrons. The minimum Gasteiger partial charge on any atom is -0.335 e. The lowest BCUT2D eigenvalue weighted by molar-refractivity contribution is 0.0538. The fraction of sp³-hybridized carbons (Fsp3) is 0.208. The molecule has 0 bridgehead atoms. The van der Waals surface area contributed by atoms with Gasteiger partial charge in [-0.3, -0.25) is 9.59 Å². The van der Waals surface area contributed by atoms with Crippen LogP contribution in [-0.4, -0.2) is 57.6 Å². The van der Waals surface area contributed by atoms with Crippen molar-refractivity contribution >= 4 is 33.4 Å². The molecule has 0 N–H and O–H groups in total. The summed E-state index contributed by atoms with van der Waals surface area (Å²) in [6.45, 7) is 4.13. The second-order valence-corrected chi connectivity index (χ2v) is 8.64. The smallest absolute Gasteiger partial charge is 0.264 e. The van der Waals surface area contributed by atoms with Crippen molar-refractivity contribution in [1.29, 1.82) is 0 Å². The summed E-state index contributed by atoms with van der Waals surface area (Å²) in [5.41, 5.74) is 2.58. The van der Waals surface area contributed by atoms with Gasteiger partial charge in [-0.05, 0) is 37.3 Å². The van der Waals surface area contributed by atoms with Gasteiger partial charge >= 0.3 is 0 Å². The lowest BCUT2D eigenvalue weighted by Crippen LogP contribution is -2.50. The molecule has 6 nitrogen and oxygen atoms in total. The monoisotopic (exact) mass is 430 g/mol. The van der Waals surface area contributed by atoms with Gasteiger partial charge in [-0.1, -0.05) is 36.4 Å². The van der Waals surface area contributed by atoms with E-state index in [1.165, 1.54) is 11.3 Å². The minimum atomic E-state index is 0.0204. The third kappa shape index (κ3) is 3.61. The molecule has 0 saturated carbocycles. The fourth-order valence-corrected chi connectivity index (χ4v) is 5.08. The number of nitrogens with zero attached hydrogens (tertiary/aromatic N) is 4. The van der Waals surface area contributed by atoms with Crippen LogP contribution in [0.4, 0.5) is 0 Å². The molecule has 2 aromatic carbocycles. The SMILES string of the molecule is Cc1nn(-c2ccccc2)c2sc(C(=O)N3CCN(C(=O)c4ccccc4)CC3)cc12. The van der Waals surface area contributed by atoms with E-state index in [1.54, 1.807) is 0 Å². The van der Waals surface area contributed by atoms with Crippen LogP contribution in [0.2, 0.25) is 0 Å². The van der Waals surface area contributed by atoms with E-state index in [4.69, 9.17) is 0 Å². The molecule has 5 rings (SSSR count). The highest BCUT2D eigenvalue weighted by Crippen LogP contribution is 2.31. The molecule has 0 atom stereocenters. The zero-order valence-corrected chi connectivity index (χ0v) is 18.0. The first-order valence-corrected chi connectivity index (χ1v) is 11.1. The summed E-state index contributed by atoms with van der Waals surface area (Å²) < 4.78 is 1.91. The Morgan fingerprint density at radius 2 is 1.42 bits per heavy atom. The molecule has 31 heavy (non-hydrogen) atoms. The minimum absolute atomic E-state index is 0.0204. The second-order valence-electron chi connectivity index (χ2n) is 7.61. The van der Waals surface area contributed by atoms with Crippen molar-refractivity contribution in [3.8, 4) is 5.69 Å². The van der Waals surface area contributed by atoms with Crippen LogP contribution in [0.5, 0.6) is 0 Å². The normalized spacial score (nSPS) is 14.2. The highest BCUT2D eigenvalue weighted by atomic mass is 32.1. The number of aromatic nitrogens is 2. The standard InChI is InChI=1S/C24H22N4O2S/c1-17-20-16-21(31-24(20)28(25-17)19-10-6-3-7-11-19)23(30)27-14-12-26(13-15-27)22(29)18-8-4-2-5-9-18/h2-11,16H,12-15H2,1H3. The molecule has 2 aromatic heterocycles. The van der Waals surface area contributed by atoms with Gasteiger partial charge in [0.05, 0.1) is 16.3 Å². The van der Waals surface area contributed by atoms with Crippen molar-refractivity contribution in [3.63, 3.8) is 0 Å². The van der Waals surface area contributed by atoms with Gasteiger partial charge in [-0.2, -0.15) is 5.10 Å². The number of hydrogen-bond acceptors (Lipinski definition) is 4. The Kier molecular flexibility index (Phi) is 5.03. The molecule has 1 fully saturated rings. The Morgan fingerprint density at radius 3 is 2.06 bits per heavy atom. The number of rotatable bonds is 3. The molecule has 0 spiro atoms. The van der Waals surface area contributed by atoms with Crippen LogP contribution in [0, 0.1) is 6.92 Å². The van der Waals surface area contributed by atoms with Crippen LogP contribution in [0.25, 0.3) is 15.9 Å². The Labute approximate surface area is 184 Å². The van der Waals surface area contributed by atoms with Gasteiger partial charge in [0.2, 0.25) is 0 Å². The maximum absolute atomic E-state index is 13.2. The molecule has 4 aromatic rings. The lowest BCUT2D eigenvalue weighted by Gasteiger charge is -2.34. The first-order valence-electron chi connectivity index (χ1n) is 10.3. The van der Waals surface area contributed by atoms with Crippen LogP contribution in [0.1, 0.15) is 25.7 Å². The number of amides is 2. The fourth-order valence-electron chi connectivity index (χ4n) is 3.93. The van der Waals surface area contributed by atoms with E-state index in [2.05, 4.69) is 5.10 Å². The number of carbonyl (C=O) groups is 2. The molecule has 7 heteroatoms. The Balaban J connectivity index is 1.33. The van der Waals surface area contributed by atoms with Crippen LogP contribution >= 0.6 is 11.3 Å².